The van der Waals surface area contributed by atoms with Crippen molar-refractivity contribution < 1.29 is 17.9 Å². The molecule has 0 unspecified atom stereocenters. The van der Waals surface area contributed by atoms with E-state index in [-0.39, 0.29) is 6.79 Å². The predicted molar refractivity (Wildman–Crippen MR) is 52.9 cm³/mol. The van der Waals surface area contributed by atoms with Gasteiger partial charge in [0.05, 0.1) is 0 Å². The van der Waals surface area contributed by atoms with Crippen LogP contribution >= 0.6 is 0 Å². The maximum absolute atomic E-state index is 10.3. The lowest BCUT2D eigenvalue weighted by molar-refractivity contribution is 0.0511. The van der Waals surface area contributed by atoms with Crippen LogP contribution in [0.4, 0.5) is 5.69 Å². The van der Waals surface area contributed by atoms with Gasteiger partial charge in [0.2, 0.25) is 10.9 Å². The van der Waals surface area contributed by atoms with Gasteiger partial charge in [-0.1, -0.05) is 0 Å². The van der Waals surface area contributed by atoms with Crippen molar-refractivity contribution in [1.82, 2.24) is 0 Å². The van der Waals surface area contributed by atoms with Gasteiger partial charge >= 0.3 is 0 Å². The molecule has 0 heterocycles. The van der Waals surface area contributed by atoms with Crippen LogP contribution in [0.15, 0.2) is 24.3 Å². The average Bonchev–Trinajstić information content (AvgIpc) is 2.16. The third-order valence-electron chi connectivity index (χ3n) is 1.42. The fourth-order valence-corrected chi connectivity index (χ4v) is 1.22. The van der Waals surface area contributed by atoms with Gasteiger partial charge in [-0.05, 0) is 24.3 Å². The highest BCUT2D eigenvalue weighted by molar-refractivity contribution is 7.73. The fraction of sp³-hybridized carbons (Fsp3) is 0.250. The first-order valence-electron chi connectivity index (χ1n) is 3.85. The van der Waals surface area contributed by atoms with Crippen molar-refractivity contribution in [3.63, 3.8) is 0 Å². The van der Waals surface area contributed by atoms with E-state index in [1.54, 1.807) is 24.3 Å². The number of hydrogen-bond acceptors (Lipinski definition) is 4. The summed E-state index contributed by atoms with van der Waals surface area (Å²) in [5, 5.41) is 0. The summed E-state index contributed by atoms with van der Waals surface area (Å²) < 4.78 is 32.7. The Morgan fingerprint density at radius 2 is 1.93 bits per heavy atom. The van der Waals surface area contributed by atoms with Crippen LogP contribution in [-0.4, -0.2) is 22.3 Å². The number of hydrogen-bond donors (Lipinski definition) is 2. The summed E-state index contributed by atoms with van der Waals surface area (Å²) in [6.45, 7) is 0.169. The second-order valence-electron chi connectivity index (χ2n) is 2.44. The summed E-state index contributed by atoms with van der Waals surface area (Å²) in [7, 11) is -1.09. The molecule has 0 aromatic heterocycles. The number of ether oxygens (including phenoxy) is 2. The van der Waals surface area contributed by atoms with Crippen molar-refractivity contribution in [1.29, 1.82) is 0 Å². The molecule has 78 valence electrons. The quantitative estimate of drug-likeness (QED) is 0.560. The maximum Gasteiger partial charge on any atom is 0.222 e. The highest BCUT2D eigenvalue weighted by atomic mass is 32.2. The highest BCUT2D eigenvalue weighted by Gasteiger charge is 1.94. The number of methoxy groups -OCH3 is 1. The van der Waals surface area contributed by atoms with E-state index in [4.69, 9.17) is 9.47 Å². The third-order valence-corrected chi connectivity index (χ3v) is 1.86. The standard InChI is InChI=1S/C8H11NO4S/c1-12-6-13-8-4-2-7(3-5-8)9-14(10)11/h2-5,14H,6H2,1H3,(H,9,10,11). The van der Waals surface area contributed by atoms with Gasteiger partial charge in [-0.25, -0.2) is 8.42 Å². The van der Waals surface area contributed by atoms with Gasteiger partial charge in [0.25, 0.3) is 0 Å². The monoisotopic (exact) mass is 217 g/mol. The first kappa shape index (κ1) is 10.8. The van der Waals surface area contributed by atoms with Crippen LogP contribution in [0.25, 0.3) is 0 Å². The minimum absolute atomic E-state index is 0.169. The predicted octanol–water partition coefficient (Wildman–Crippen LogP) is 0.608. The number of anilines is 1. The molecule has 0 radical (unpaired) electrons. The first-order valence-corrected chi connectivity index (χ1v) is 5.03. The molecule has 0 aliphatic rings. The molecule has 0 aliphatic heterocycles. The van der Waals surface area contributed by atoms with E-state index in [2.05, 4.69) is 4.72 Å². The van der Waals surface area contributed by atoms with E-state index in [1.807, 2.05) is 0 Å². The van der Waals surface area contributed by atoms with Gasteiger partial charge in [0.1, 0.15) is 5.75 Å². The van der Waals surface area contributed by atoms with Crippen LogP contribution in [0.3, 0.4) is 0 Å². The van der Waals surface area contributed by atoms with Gasteiger partial charge in [-0.3, -0.25) is 4.72 Å². The first-order chi connectivity index (χ1) is 6.72. The van der Waals surface area contributed by atoms with Crippen molar-refractivity contribution in [3.05, 3.63) is 24.3 Å². The lowest BCUT2D eigenvalue weighted by atomic mass is 10.3. The Hall–Kier alpha value is -1.27. The molecule has 0 atom stereocenters. The molecule has 1 rings (SSSR count). The Labute approximate surface area is 83.7 Å². The van der Waals surface area contributed by atoms with E-state index in [0.717, 1.165) is 0 Å². The molecule has 0 saturated carbocycles. The second-order valence-corrected chi connectivity index (χ2v) is 3.18. The van der Waals surface area contributed by atoms with Gasteiger partial charge in [-0.15, -0.1) is 0 Å². The molecule has 0 bridgehead atoms. The van der Waals surface area contributed by atoms with E-state index in [9.17, 15) is 8.42 Å². The zero-order valence-electron chi connectivity index (χ0n) is 7.60. The fourth-order valence-electron chi connectivity index (χ4n) is 0.858. The summed E-state index contributed by atoms with van der Waals surface area (Å²) in [4.78, 5) is 0. The zero-order valence-corrected chi connectivity index (χ0v) is 8.49. The Morgan fingerprint density at radius 3 is 2.43 bits per heavy atom. The average molecular weight is 217 g/mol. The molecular formula is C8H11NO4S. The number of benzene rings is 1. The topological polar surface area (TPSA) is 64.6 Å². The minimum atomic E-state index is -2.61. The summed E-state index contributed by atoms with van der Waals surface area (Å²) in [6, 6.07) is 6.52. The van der Waals surface area contributed by atoms with Crippen molar-refractivity contribution in [2.75, 3.05) is 18.6 Å². The molecule has 0 spiro atoms. The van der Waals surface area contributed by atoms with Crippen LogP contribution < -0.4 is 9.46 Å². The molecular weight excluding hydrogens is 206 g/mol. The number of rotatable bonds is 5. The Kier molecular flexibility index (Phi) is 4.21. The maximum atomic E-state index is 10.3. The SMILES string of the molecule is COCOc1ccc(N[SH](=O)=O)cc1. The van der Waals surface area contributed by atoms with Gasteiger partial charge < -0.3 is 9.47 Å². The number of nitrogens with one attached hydrogen (secondary N) is 1. The van der Waals surface area contributed by atoms with Crippen LogP contribution in [0, 0.1) is 0 Å². The molecule has 14 heavy (non-hydrogen) atoms. The lowest BCUT2D eigenvalue weighted by Gasteiger charge is -2.04. The van der Waals surface area contributed by atoms with Gasteiger partial charge in [0, 0.05) is 12.8 Å². The van der Waals surface area contributed by atoms with Crippen LogP contribution in [-0.2, 0) is 15.6 Å². The summed E-state index contributed by atoms with van der Waals surface area (Å²) in [6.07, 6.45) is 0. The minimum Gasteiger partial charge on any atom is -0.468 e. The Balaban J connectivity index is 2.59. The van der Waals surface area contributed by atoms with Gasteiger partial charge in [0.15, 0.2) is 6.79 Å². The van der Waals surface area contributed by atoms with Crippen LogP contribution in [0.2, 0.25) is 0 Å². The van der Waals surface area contributed by atoms with E-state index >= 15 is 0 Å². The smallest absolute Gasteiger partial charge is 0.222 e. The molecule has 1 aromatic carbocycles. The summed E-state index contributed by atoms with van der Waals surface area (Å²) in [5.74, 6) is 0.624. The zero-order chi connectivity index (χ0) is 10.4. The number of thiol groups is 1. The Bertz CT molecular complexity index is 339. The van der Waals surface area contributed by atoms with Crippen LogP contribution in [0.5, 0.6) is 5.75 Å². The van der Waals surface area contributed by atoms with Crippen LogP contribution in [0.1, 0.15) is 0 Å². The normalized spacial score (nSPS) is 10.1. The van der Waals surface area contributed by atoms with Crippen molar-refractivity contribution in [3.8, 4) is 5.75 Å². The molecule has 0 saturated heterocycles. The van der Waals surface area contributed by atoms with Crippen molar-refractivity contribution in [2.24, 2.45) is 0 Å². The van der Waals surface area contributed by atoms with E-state index in [0.29, 0.717) is 11.4 Å². The van der Waals surface area contributed by atoms with Gasteiger partial charge in [-0.2, -0.15) is 0 Å². The molecule has 6 heteroatoms. The van der Waals surface area contributed by atoms with E-state index in [1.165, 1.54) is 7.11 Å². The Morgan fingerprint density at radius 1 is 1.29 bits per heavy atom. The van der Waals surface area contributed by atoms with Crippen molar-refractivity contribution in [2.45, 2.75) is 0 Å². The van der Waals surface area contributed by atoms with E-state index < -0.39 is 10.9 Å². The molecule has 5 nitrogen and oxygen atoms in total. The summed E-state index contributed by atoms with van der Waals surface area (Å²) >= 11 is 0. The highest BCUT2D eigenvalue weighted by Crippen LogP contribution is 2.15. The lowest BCUT2D eigenvalue weighted by Crippen LogP contribution is -1.99. The molecule has 0 aliphatic carbocycles. The molecule has 1 N–H and O–H groups in total. The second kappa shape index (κ2) is 5.46. The molecule has 0 amide bonds. The molecule has 1 aromatic rings. The molecule has 0 fully saturated rings. The van der Waals surface area contributed by atoms with Crippen molar-refractivity contribution >= 4 is 16.6 Å². The third kappa shape index (κ3) is 3.63. The largest absolute Gasteiger partial charge is 0.468 e. The summed E-state index contributed by atoms with van der Waals surface area (Å²) in [5.41, 5.74) is 0.505.